The Hall–Kier alpha value is -2.08. The van der Waals surface area contributed by atoms with Gasteiger partial charge < -0.3 is 15.2 Å². The van der Waals surface area contributed by atoms with E-state index >= 15 is 0 Å². The smallest absolute Gasteiger partial charge is 0.145 e. The summed E-state index contributed by atoms with van der Waals surface area (Å²) in [5.41, 5.74) is 2.58. The van der Waals surface area contributed by atoms with Crippen LogP contribution in [0, 0.1) is 0 Å². The van der Waals surface area contributed by atoms with Crippen molar-refractivity contribution in [2.24, 2.45) is 5.84 Å². The fourth-order valence-corrected chi connectivity index (χ4v) is 1.92. The van der Waals surface area contributed by atoms with Crippen molar-refractivity contribution in [1.29, 1.82) is 0 Å². The first-order valence-corrected chi connectivity index (χ1v) is 6.47. The highest BCUT2D eigenvalue weighted by molar-refractivity contribution is 5.47. The predicted molar refractivity (Wildman–Crippen MR) is 72.7 cm³/mol. The zero-order chi connectivity index (χ0) is 13.1. The summed E-state index contributed by atoms with van der Waals surface area (Å²) >= 11 is 0. The van der Waals surface area contributed by atoms with Crippen LogP contribution in [0.2, 0.25) is 0 Å². The van der Waals surface area contributed by atoms with Crippen molar-refractivity contribution < 1.29 is 4.42 Å². The summed E-state index contributed by atoms with van der Waals surface area (Å²) in [6.45, 7) is 0.763. The van der Waals surface area contributed by atoms with Gasteiger partial charge in [-0.15, -0.1) is 0 Å². The Morgan fingerprint density at radius 3 is 2.84 bits per heavy atom. The van der Waals surface area contributed by atoms with Crippen LogP contribution < -0.4 is 16.6 Å². The van der Waals surface area contributed by atoms with E-state index in [9.17, 15) is 0 Å². The van der Waals surface area contributed by atoms with E-state index in [1.165, 1.54) is 12.8 Å². The zero-order valence-electron chi connectivity index (χ0n) is 10.6. The number of hydrogen-bond acceptors (Lipinski definition) is 6. The molecule has 0 radical (unpaired) electrons. The van der Waals surface area contributed by atoms with E-state index in [1.807, 2.05) is 18.2 Å². The highest BCUT2D eigenvalue weighted by Gasteiger charge is 2.27. The number of furan rings is 1. The maximum absolute atomic E-state index is 5.43. The Kier molecular flexibility index (Phi) is 3.33. The molecule has 2 heterocycles. The normalized spacial score (nSPS) is 14.4. The molecule has 2 aromatic heterocycles. The molecule has 19 heavy (non-hydrogen) atoms. The van der Waals surface area contributed by atoms with Crippen LogP contribution in [0.3, 0.4) is 0 Å². The van der Waals surface area contributed by atoms with Gasteiger partial charge in [0, 0.05) is 24.9 Å². The van der Waals surface area contributed by atoms with E-state index in [0.29, 0.717) is 11.7 Å². The molecule has 0 atom stereocenters. The van der Waals surface area contributed by atoms with Gasteiger partial charge in [0.05, 0.1) is 6.26 Å². The zero-order valence-corrected chi connectivity index (χ0v) is 10.6. The number of nitrogens with one attached hydrogen (secondary N) is 2. The van der Waals surface area contributed by atoms with Crippen LogP contribution in [0.5, 0.6) is 0 Å². The second kappa shape index (κ2) is 5.27. The standard InChI is InChI=1S/C13H17N5O/c14-18-12-8-11(16-13(17-12)9-3-4-9)15-6-5-10-2-1-7-19-10/h1-2,7-9H,3-6,14H2,(H2,15,16,17,18). The highest BCUT2D eigenvalue weighted by atomic mass is 16.3. The number of nitrogens with zero attached hydrogens (tertiary/aromatic N) is 2. The summed E-state index contributed by atoms with van der Waals surface area (Å²) in [5, 5.41) is 3.27. The third kappa shape index (κ3) is 3.03. The second-order valence-electron chi connectivity index (χ2n) is 4.67. The molecule has 2 aromatic rings. The molecule has 4 N–H and O–H groups in total. The number of hydrogen-bond donors (Lipinski definition) is 3. The molecular weight excluding hydrogens is 242 g/mol. The minimum atomic E-state index is 0.499. The molecule has 0 amide bonds. The number of anilines is 2. The first kappa shape index (κ1) is 12.0. The fourth-order valence-electron chi connectivity index (χ4n) is 1.92. The average molecular weight is 259 g/mol. The topological polar surface area (TPSA) is 89.0 Å². The van der Waals surface area contributed by atoms with Gasteiger partial charge >= 0.3 is 0 Å². The Labute approximate surface area is 111 Å². The van der Waals surface area contributed by atoms with Gasteiger partial charge in [-0.3, -0.25) is 0 Å². The summed E-state index contributed by atoms with van der Waals surface area (Å²) in [5.74, 6) is 9.21. The van der Waals surface area contributed by atoms with Crippen molar-refractivity contribution in [3.05, 3.63) is 36.0 Å². The van der Waals surface area contributed by atoms with E-state index < -0.39 is 0 Å². The van der Waals surface area contributed by atoms with Crippen molar-refractivity contribution in [3.8, 4) is 0 Å². The van der Waals surface area contributed by atoms with Gasteiger partial charge in [0.25, 0.3) is 0 Å². The first-order chi connectivity index (χ1) is 9.35. The third-order valence-electron chi connectivity index (χ3n) is 3.09. The molecule has 1 saturated carbocycles. The van der Waals surface area contributed by atoms with Gasteiger partial charge in [0.15, 0.2) is 0 Å². The predicted octanol–water partition coefficient (Wildman–Crippen LogP) is 1.89. The van der Waals surface area contributed by atoms with Gasteiger partial charge in [-0.1, -0.05) is 0 Å². The molecule has 0 saturated heterocycles. The third-order valence-corrected chi connectivity index (χ3v) is 3.09. The lowest BCUT2D eigenvalue weighted by Gasteiger charge is -2.08. The summed E-state index contributed by atoms with van der Waals surface area (Å²) in [7, 11) is 0. The molecule has 3 rings (SSSR count). The quantitative estimate of drug-likeness (QED) is 0.542. The van der Waals surface area contributed by atoms with Crippen molar-refractivity contribution in [1.82, 2.24) is 9.97 Å². The first-order valence-electron chi connectivity index (χ1n) is 6.47. The van der Waals surface area contributed by atoms with Crippen LogP contribution >= 0.6 is 0 Å². The molecule has 1 fully saturated rings. The van der Waals surface area contributed by atoms with Crippen LogP contribution in [-0.2, 0) is 6.42 Å². The maximum Gasteiger partial charge on any atom is 0.145 e. The van der Waals surface area contributed by atoms with Crippen LogP contribution in [0.4, 0.5) is 11.6 Å². The molecule has 1 aliphatic carbocycles. The monoisotopic (exact) mass is 259 g/mol. The number of nitrogen functional groups attached to an aromatic ring is 1. The Balaban J connectivity index is 1.64. The molecule has 0 aliphatic heterocycles. The van der Waals surface area contributed by atoms with E-state index in [2.05, 4.69) is 20.7 Å². The van der Waals surface area contributed by atoms with Gasteiger partial charge in [-0.2, -0.15) is 0 Å². The van der Waals surface area contributed by atoms with Gasteiger partial charge in [0.1, 0.15) is 23.2 Å². The maximum atomic E-state index is 5.43. The second-order valence-corrected chi connectivity index (χ2v) is 4.67. The van der Waals surface area contributed by atoms with Crippen LogP contribution in [0.15, 0.2) is 28.9 Å². The van der Waals surface area contributed by atoms with E-state index in [4.69, 9.17) is 10.3 Å². The van der Waals surface area contributed by atoms with Gasteiger partial charge in [-0.25, -0.2) is 15.8 Å². The molecule has 1 aliphatic rings. The fraction of sp³-hybridized carbons (Fsp3) is 0.385. The number of rotatable bonds is 6. The summed E-state index contributed by atoms with van der Waals surface area (Å²) in [6.07, 6.45) is 4.84. The van der Waals surface area contributed by atoms with Crippen molar-refractivity contribution >= 4 is 11.6 Å². The van der Waals surface area contributed by atoms with Crippen LogP contribution in [0.25, 0.3) is 0 Å². The number of hydrazine groups is 1. The molecule has 0 spiro atoms. The number of aromatic nitrogens is 2. The lowest BCUT2D eigenvalue weighted by atomic mass is 10.3. The SMILES string of the molecule is NNc1cc(NCCc2ccco2)nc(C2CC2)n1. The summed E-state index contributed by atoms with van der Waals surface area (Å²) < 4.78 is 5.28. The van der Waals surface area contributed by atoms with E-state index in [1.54, 1.807) is 6.26 Å². The molecule has 6 heteroatoms. The Morgan fingerprint density at radius 1 is 1.32 bits per heavy atom. The molecule has 6 nitrogen and oxygen atoms in total. The molecular formula is C13H17N5O. The molecule has 100 valence electrons. The Morgan fingerprint density at radius 2 is 2.16 bits per heavy atom. The molecule has 0 bridgehead atoms. The van der Waals surface area contributed by atoms with E-state index in [0.717, 1.165) is 30.4 Å². The van der Waals surface area contributed by atoms with Gasteiger partial charge in [-0.05, 0) is 25.0 Å². The van der Waals surface area contributed by atoms with E-state index in [-0.39, 0.29) is 0 Å². The lowest BCUT2D eigenvalue weighted by molar-refractivity contribution is 0.513. The minimum absolute atomic E-state index is 0.499. The van der Waals surface area contributed by atoms with Crippen molar-refractivity contribution in [3.63, 3.8) is 0 Å². The summed E-state index contributed by atoms with van der Waals surface area (Å²) in [4.78, 5) is 8.88. The average Bonchev–Trinajstić information content (AvgIpc) is 3.17. The lowest BCUT2D eigenvalue weighted by Crippen LogP contribution is -2.13. The van der Waals surface area contributed by atoms with Crippen LogP contribution in [0.1, 0.15) is 30.3 Å². The summed E-state index contributed by atoms with van der Waals surface area (Å²) in [6, 6.07) is 5.67. The van der Waals surface area contributed by atoms with Crippen LogP contribution in [-0.4, -0.2) is 16.5 Å². The van der Waals surface area contributed by atoms with Crippen molar-refractivity contribution in [2.75, 3.05) is 17.3 Å². The van der Waals surface area contributed by atoms with Gasteiger partial charge in [0.2, 0.25) is 0 Å². The molecule has 0 aromatic carbocycles. The molecule has 0 unspecified atom stereocenters. The highest BCUT2D eigenvalue weighted by Crippen LogP contribution is 2.38. The minimum Gasteiger partial charge on any atom is -0.469 e. The largest absolute Gasteiger partial charge is 0.469 e. The Bertz CT molecular complexity index is 536. The number of nitrogens with two attached hydrogens (primary N) is 1. The van der Waals surface area contributed by atoms with Crippen molar-refractivity contribution in [2.45, 2.75) is 25.2 Å².